The standard InChI is InChI=1S/C16H22/c1-10(2)13-8-14-6-12(5)7-16(14)15(9-13)11(3)4/h6,8-11H,7H2,1-5H3. The van der Waals surface area contributed by atoms with E-state index in [9.17, 15) is 0 Å². The van der Waals surface area contributed by atoms with Crippen molar-refractivity contribution < 1.29 is 0 Å². The van der Waals surface area contributed by atoms with Crippen LogP contribution >= 0.6 is 0 Å². The third-order valence-corrected chi connectivity index (χ3v) is 3.49. The van der Waals surface area contributed by atoms with Gasteiger partial charge in [-0.3, -0.25) is 0 Å². The van der Waals surface area contributed by atoms with Crippen molar-refractivity contribution in [3.63, 3.8) is 0 Å². The van der Waals surface area contributed by atoms with E-state index in [1.54, 1.807) is 11.1 Å². The molecule has 0 atom stereocenters. The molecule has 1 aromatic rings. The first kappa shape index (κ1) is 11.4. The minimum absolute atomic E-state index is 0.622. The molecule has 0 amide bonds. The van der Waals surface area contributed by atoms with Crippen molar-refractivity contribution in [2.75, 3.05) is 0 Å². The third-order valence-electron chi connectivity index (χ3n) is 3.49. The van der Waals surface area contributed by atoms with E-state index in [0.717, 1.165) is 6.42 Å². The highest BCUT2D eigenvalue weighted by Crippen LogP contribution is 2.34. The predicted molar refractivity (Wildman–Crippen MR) is 72.0 cm³/mol. The van der Waals surface area contributed by atoms with Crippen LogP contribution in [0, 0.1) is 0 Å². The summed E-state index contributed by atoms with van der Waals surface area (Å²) in [6.07, 6.45) is 3.51. The highest BCUT2D eigenvalue weighted by molar-refractivity contribution is 5.66. The van der Waals surface area contributed by atoms with Crippen molar-refractivity contribution in [1.29, 1.82) is 0 Å². The molecule has 1 aromatic carbocycles. The minimum Gasteiger partial charge on any atom is -0.0683 e. The van der Waals surface area contributed by atoms with E-state index < -0.39 is 0 Å². The molecule has 1 aliphatic carbocycles. The molecule has 0 bridgehead atoms. The Hall–Kier alpha value is -1.04. The summed E-state index contributed by atoms with van der Waals surface area (Å²) in [7, 11) is 0. The molecule has 86 valence electrons. The highest BCUT2D eigenvalue weighted by atomic mass is 14.2. The maximum atomic E-state index is 2.42. The zero-order chi connectivity index (χ0) is 11.9. The number of allylic oxidation sites excluding steroid dienone is 1. The van der Waals surface area contributed by atoms with Gasteiger partial charge < -0.3 is 0 Å². The van der Waals surface area contributed by atoms with E-state index in [-0.39, 0.29) is 0 Å². The molecule has 0 unspecified atom stereocenters. The predicted octanol–water partition coefficient (Wildman–Crippen LogP) is 4.89. The fourth-order valence-corrected chi connectivity index (χ4v) is 2.52. The molecule has 0 nitrogen and oxygen atoms in total. The van der Waals surface area contributed by atoms with E-state index in [1.807, 2.05) is 0 Å². The molecule has 0 heterocycles. The average molecular weight is 214 g/mol. The van der Waals surface area contributed by atoms with E-state index in [0.29, 0.717) is 11.8 Å². The van der Waals surface area contributed by atoms with Crippen LogP contribution < -0.4 is 0 Å². The Morgan fingerprint density at radius 1 is 1.00 bits per heavy atom. The van der Waals surface area contributed by atoms with Crippen molar-refractivity contribution in [1.82, 2.24) is 0 Å². The normalized spacial score (nSPS) is 14.6. The van der Waals surface area contributed by atoms with Crippen molar-refractivity contribution >= 4 is 6.08 Å². The Balaban J connectivity index is 2.57. The lowest BCUT2D eigenvalue weighted by molar-refractivity contribution is 0.822. The van der Waals surface area contributed by atoms with Gasteiger partial charge in [-0.05, 0) is 47.4 Å². The maximum Gasteiger partial charge on any atom is -0.00578 e. The SMILES string of the molecule is CC1=Cc2cc(C(C)C)cc(C(C)C)c2C1. The number of fused-ring (bicyclic) bond motifs is 1. The van der Waals surface area contributed by atoms with E-state index in [4.69, 9.17) is 0 Å². The van der Waals surface area contributed by atoms with Crippen molar-refractivity contribution in [2.45, 2.75) is 52.9 Å². The molecule has 0 aliphatic heterocycles. The van der Waals surface area contributed by atoms with Crippen LogP contribution in [0.2, 0.25) is 0 Å². The van der Waals surface area contributed by atoms with Crippen LogP contribution in [0.15, 0.2) is 17.7 Å². The zero-order valence-corrected chi connectivity index (χ0v) is 11.1. The molecule has 0 spiro atoms. The van der Waals surface area contributed by atoms with Crippen LogP contribution in [0.5, 0.6) is 0 Å². The number of benzene rings is 1. The molecule has 0 saturated heterocycles. The van der Waals surface area contributed by atoms with Crippen LogP contribution in [-0.2, 0) is 6.42 Å². The van der Waals surface area contributed by atoms with E-state index in [2.05, 4.69) is 52.8 Å². The first-order valence-electron chi connectivity index (χ1n) is 6.33. The van der Waals surface area contributed by atoms with Gasteiger partial charge in [-0.15, -0.1) is 0 Å². The van der Waals surface area contributed by atoms with Crippen LogP contribution in [0.1, 0.15) is 68.7 Å². The molecule has 2 rings (SSSR count). The second kappa shape index (κ2) is 4.08. The van der Waals surface area contributed by atoms with Gasteiger partial charge in [-0.1, -0.05) is 51.5 Å². The largest absolute Gasteiger partial charge is 0.0683 e. The van der Waals surface area contributed by atoms with Gasteiger partial charge in [0, 0.05) is 0 Å². The Bertz CT molecular complexity index is 434. The lowest BCUT2D eigenvalue weighted by Crippen LogP contribution is -2.00. The van der Waals surface area contributed by atoms with Gasteiger partial charge in [0.05, 0.1) is 0 Å². The van der Waals surface area contributed by atoms with Gasteiger partial charge in [-0.25, -0.2) is 0 Å². The summed E-state index contributed by atoms with van der Waals surface area (Å²) in [6, 6.07) is 4.79. The van der Waals surface area contributed by atoms with Crippen molar-refractivity contribution in [2.24, 2.45) is 0 Å². The van der Waals surface area contributed by atoms with E-state index >= 15 is 0 Å². The molecule has 1 aliphatic rings. The molecule has 16 heavy (non-hydrogen) atoms. The summed E-state index contributed by atoms with van der Waals surface area (Å²) >= 11 is 0. The zero-order valence-electron chi connectivity index (χ0n) is 11.1. The van der Waals surface area contributed by atoms with E-state index in [1.165, 1.54) is 16.7 Å². The van der Waals surface area contributed by atoms with Crippen molar-refractivity contribution in [3.8, 4) is 0 Å². The van der Waals surface area contributed by atoms with Crippen molar-refractivity contribution in [3.05, 3.63) is 40.0 Å². The summed E-state index contributed by atoms with van der Waals surface area (Å²) in [4.78, 5) is 0. The second-order valence-corrected chi connectivity index (χ2v) is 5.65. The first-order chi connectivity index (χ1) is 7.49. The molecule has 0 radical (unpaired) electrons. The Morgan fingerprint density at radius 3 is 2.25 bits per heavy atom. The van der Waals surface area contributed by atoms with Gasteiger partial charge in [0.25, 0.3) is 0 Å². The fraction of sp³-hybridized carbons (Fsp3) is 0.500. The van der Waals surface area contributed by atoms with Gasteiger partial charge in [0.2, 0.25) is 0 Å². The molecule has 0 fully saturated rings. The maximum absolute atomic E-state index is 2.42. The third kappa shape index (κ3) is 1.93. The number of hydrogen-bond acceptors (Lipinski definition) is 0. The fourth-order valence-electron chi connectivity index (χ4n) is 2.52. The second-order valence-electron chi connectivity index (χ2n) is 5.65. The number of rotatable bonds is 2. The average Bonchev–Trinajstić information content (AvgIpc) is 2.55. The van der Waals surface area contributed by atoms with Gasteiger partial charge in [0.15, 0.2) is 0 Å². The first-order valence-corrected chi connectivity index (χ1v) is 6.33. The minimum atomic E-state index is 0.622. The molecule has 0 N–H and O–H groups in total. The lowest BCUT2D eigenvalue weighted by Gasteiger charge is -2.16. The van der Waals surface area contributed by atoms with Gasteiger partial charge in [0.1, 0.15) is 0 Å². The summed E-state index contributed by atoms with van der Waals surface area (Å²) in [5.41, 5.74) is 7.56. The monoisotopic (exact) mass is 214 g/mol. The summed E-state index contributed by atoms with van der Waals surface area (Å²) in [6.45, 7) is 11.4. The Morgan fingerprint density at radius 2 is 1.69 bits per heavy atom. The van der Waals surface area contributed by atoms with Crippen LogP contribution in [-0.4, -0.2) is 0 Å². The molecule has 0 aromatic heterocycles. The smallest absolute Gasteiger partial charge is 0.00578 e. The molecular weight excluding hydrogens is 192 g/mol. The summed E-state index contributed by atoms with van der Waals surface area (Å²) in [5.74, 6) is 1.25. The molecule has 0 heteroatoms. The van der Waals surface area contributed by atoms with Gasteiger partial charge >= 0.3 is 0 Å². The number of hydrogen-bond donors (Lipinski definition) is 0. The summed E-state index contributed by atoms with van der Waals surface area (Å²) < 4.78 is 0. The van der Waals surface area contributed by atoms with Crippen LogP contribution in [0.4, 0.5) is 0 Å². The molecule has 0 saturated carbocycles. The molecular formula is C16H22. The Labute approximate surface area is 99.4 Å². The van der Waals surface area contributed by atoms with Crippen LogP contribution in [0.25, 0.3) is 6.08 Å². The quantitative estimate of drug-likeness (QED) is 0.657. The highest BCUT2D eigenvalue weighted by Gasteiger charge is 2.17. The summed E-state index contributed by atoms with van der Waals surface area (Å²) in [5, 5.41) is 0. The Kier molecular flexibility index (Phi) is 2.92. The van der Waals surface area contributed by atoms with Gasteiger partial charge in [-0.2, -0.15) is 0 Å². The van der Waals surface area contributed by atoms with Crippen LogP contribution in [0.3, 0.4) is 0 Å². The topological polar surface area (TPSA) is 0 Å². The lowest BCUT2D eigenvalue weighted by atomic mass is 9.89.